The summed E-state index contributed by atoms with van der Waals surface area (Å²) in [5.41, 5.74) is 0.294. The van der Waals surface area contributed by atoms with E-state index in [0.717, 1.165) is 10.0 Å². The zero-order chi connectivity index (χ0) is 22.9. The summed E-state index contributed by atoms with van der Waals surface area (Å²) in [6.45, 7) is 0.212. The van der Waals surface area contributed by atoms with Gasteiger partial charge in [0.15, 0.2) is 22.9 Å². The summed E-state index contributed by atoms with van der Waals surface area (Å²) in [4.78, 5) is 27.9. The van der Waals surface area contributed by atoms with E-state index in [1.165, 1.54) is 4.90 Å². The van der Waals surface area contributed by atoms with E-state index in [0.29, 0.717) is 28.3 Å². The molecule has 3 aromatic rings. The molecule has 164 valence electrons. The Bertz CT molecular complexity index is 1190. The van der Waals surface area contributed by atoms with E-state index in [-0.39, 0.29) is 18.7 Å². The Balaban J connectivity index is 1.67. The molecule has 4 rings (SSSR count). The van der Waals surface area contributed by atoms with E-state index in [9.17, 15) is 14.7 Å². The fraction of sp³-hybridized carbons (Fsp3) is 0.200. The van der Waals surface area contributed by atoms with Gasteiger partial charge < -0.3 is 19.5 Å². The third-order valence-electron chi connectivity index (χ3n) is 5.59. The first-order chi connectivity index (χ1) is 15.4. The van der Waals surface area contributed by atoms with Crippen molar-refractivity contribution in [3.8, 4) is 11.5 Å². The molecule has 32 heavy (non-hydrogen) atoms. The van der Waals surface area contributed by atoms with Gasteiger partial charge >= 0.3 is 0 Å². The number of methoxy groups -OCH3 is 2. The second-order valence-electron chi connectivity index (χ2n) is 7.57. The number of aliphatic hydroxyl groups is 1. The van der Waals surface area contributed by atoms with Gasteiger partial charge in [0.2, 0.25) is 0 Å². The van der Waals surface area contributed by atoms with Crippen LogP contribution in [0.5, 0.6) is 11.5 Å². The van der Waals surface area contributed by atoms with E-state index < -0.39 is 11.5 Å². The molecule has 0 aromatic heterocycles. The number of para-hydroxylation sites is 1. The third-order valence-corrected chi connectivity index (χ3v) is 6.08. The summed E-state index contributed by atoms with van der Waals surface area (Å²) >= 11 is 3.35. The highest BCUT2D eigenvalue weighted by Gasteiger charge is 2.50. The number of carbonyl (C=O) groups excluding carboxylic acids is 2. The SMILES string of the molecule is COc1ccc(CN2C(=O)[C@](O)(CC(=O)c3cccc(Br)c3)c3ccccc32)cc1OC. The van der Waals surface area contributed by atoms with Crippen LogP contribution in [0.3, 0.4) is 0 Å². The molecule has 1 amide bonds. The number of anilines is 1. The van der Waals surface area contributed by atoms with Crippen molar-refractivity contribution in [1.82, 2.24) is 0 Å². The predicted molar refractivity (Wildman–Crippen MR) is 124 cm³/mol. The highest BCUT2D eigenvalue weighted by Crippen LogP contribution is 2.44. The van der Waals surface area contributed by atoms with Crippen LogP contribution in [0.4, 0.5) is 5.69 Å². The Morgan fingerprint density at radius 2 is 1.75 bits per heavy atom. The van der Waals surface area contributed by atoms with E-state index in [4.69, 9.17) is 9.47 Å². The summed E-state index contributed by atoms with van der Waals surface area (Å²) in [6.07, 6.45) is -0.346. The molecule has 3 aromatic carbocycles. The van der Waals surface area contributed by atoms with Gasteiger partial charge in [0.05, 0.1) is 32.9 Å². The van der Waals surface area contributed by atoms with E-state index >= 15 is 0 Å². The van der Waals surface area contributed by atoms with Gasteiger partial charge in [-0.15, -0.1) is 0 Å². The number of benzene rings is 3. The molecule has 1 aliphatic rings. The van der Waals surface area contributed by atoms with Crippen LogP contribution in [0.2, 0.25) is 0 Å². The maximum absolute atomic E-state index is 13.5. The second-order valence-corrected chi connectivity index (χ2v) is 8.48. The van der Waals surface area contributed by atoms with Gasteiger partial charge in [-0.1, -0.05) is 52.3 Å². The minimum atomic E-state index is -1.94. The first kappa shape index (κ1) is 22.0. The van der Waals surface area contributed by atoms with Gasteiger partial charge in [0.1, 0.15) is 0 Å². The molecule has 1 atom stereocenters. The molecule has 0 radical (unpaired) electrons. The lowest BCUT2D eigenvalue weighted by Crippen LogP contribution is -2.41. The van der Waals surface area contributed by atoms with Crippen molar-refractivity contribution >= 4 is 33.3 Å². The molecule has 0 bridgehead atoms. The van der Waals surface area contributed by atoms with E-state index in [1.807, 2.05) is 12.1 Å². The minimum Gasteiger partial charge on any atom is -0.493 e. The van der Waals surface area contributed by atoms with Crippen LogP contribution in [-0.4, -0.2) is 31.0 Å². The van der Waals surface area contributed by atoms with Crippen molar-refractivity contribution in [2.24, 2.45) is 0 Å². The van der Waals surface area contributed by atoms with E-state index in [2.05, 4.69) is 15.9 Å². The Kier molecular flexibility index (Phi) is 6.04. The Morgan fingerprint density at radius 3 is 2.47 bits per heavy atom. The quantitative estimate of drug-likeness (QED) is 0.489. The molecule has 0 saturated carbocycles. The number of Topliss-reactive ketones (excluding diaryl/α,β-unsaturated/α-hetero) is 1. The van der Waals surface area contributed by atoms with Crippen LogP contribution in [-0.2, 0) is 16.9 Å². The fourth-order valence-electron chi connectivity index (χ4n) is 3.99. The molecule has 1 aliphatic heterocycles. The highest BCUT2D eigenvalue weighted by molar-refractivity contribution is 9.10. The third kappa shape index (κ3) is 3.89. The number of hydrogen-bond acceptors (Lipinski definition) is 5. The summed E-state index contributed by atoms with van der Waals surface area (Å²) in [5.74, 6) is 0.285. The Morgan fingerprint density at radius 1 is 1.00 bits per heavy atom. The number of fused-ring (bicyclic) bond motifs is 1. The summed E-state index contributed by atoms with van der Waals surface area (Å²) in [6, 6.07) is 19.3. The average molecular weight is 496 g/mol. The van der Waals surface area contributed by atoms with Crippen molar-refractivity contribution in [2.75, 3.05) is 19.1 Å². The van der Waals surface area contributed by atoms with Crippen molar-refractivity contribution < 1.29 is 24.2 Å². The maximum atomic E-state index is 13.5. The van der Waals surface area contributed by atoms with Gasteiger partial charge in [-0.2, -0.15) is 0 Å². The largest absolute Gasteiger partial charge is 0.493 e. The van der Waals surface area contributed by atoms with Crippen molar-refractivity contribution in [2.45, 2.75) is 18.6 Å². The van der Waals surface area contributed by atoms with Gasteiger partial charge in [0.25, 0.3) is 5.91 Å². The van der Waals surface area contributed by atoms with Crippen molar-refractivity contribution in [3.05, 3.63) is 87.9 Å². The number of carbonyl (C=O) groups is 2. The molecule has 0 aliphatic carbocycles. The van der Waals surface area contributed by atoms with Crippen LogP contribution < -0.4 is 14.4 Å². The molecular formula is C25H22BrNO5. The zero-order valence-corrected chi connectivity index (χ0v) is 19.3. The lowest BCUT2D eigenvalue weighted by Gasteiger charge is -2.23. The van der Waals surface area contributed by atoms with Crippen LogP contribution in [0.1, 0.15) is 27.9 Å². The number of rotatable bonds is 7. The molecule has 0 fully saturated rings. The fourth-order valence-corrected chi connectivity index (χ4v) is 4.39. The topological polar surface area (TPSA) is 76.1 Å². The molecule has 0 spiro atoms. The summed E-state index contributed by atoms with van der Waals surface area (Å²) in [7, 11) is 3.10. The van der Waals surface area contributed by atoms with Gasteiger partial charge in [-0.05, 0) is 35.9 Å². The van der Waals surface area contributed by atoms with Crippen molar-refractivity contribution in [1.29, 1.82) is 0 Å². The lowest BCUT2D eigenvalue weighted by atomic mass is 9.88. The first-order valence-electron chi connectivity index (χ1n) is 10.0. The highest BCUT2D eigenvalue weighted by atomic mass is 79.9. The standard InChI is InChI=1S/C25H22BrNO5/c1-31-22-11-10-16(12-23(22)32-2)15-27-20-9-4-3-8-19(20)25(30,24(27)29)14-21(28)17-6-5-7-18(26)13-17/h3-13,30H,14-15H2,1-2H3/t25-/m0/s1. The summed E-state index contributed by atoms with van der Waals surface area (Å²) in [5, 5.41) is 11.5. The normalized spacial score (nSPS) is 17.2. The van der Waals surface area contributed by atoms with Crippen LogP contribution >= 0.6 is 15.9 Å². The number of nitrogens with zero attached hydrogens (tertiary/aromatic N) is 1. The van der Waals surface area contributed by atoms with Gasteiger partial charge in [0, 0.05) is 15.6 Å². The second kappa shape index (κ2) is 8.76. The number of ether oxygens (including phenoxy) is 2. The minimum absolute atomic E-state index is 0.212. The predicted octanol–water partition coefficient (Wildman–Crippen LogP) is 4.47. The molecule has 1 N–H and O–H groups in total. The lowest BCUT2D eigenvalue weighted by molar-refractivity contribution is -0.136. The molecular weight excluding hydrogens is 474 g/mol. The van der Waals surface area contributed by atoms with Crippen molar-refractivity contribution in [3.63, 3.8) is 0 Å². The Labute approximate surface area is 194 Å². The van der Waals surface area contributed by atoms with E-state index in [1.54, 1.807) is 68.8 Å². The van der Waals surface area contributed by atoms with Crippen LogP contribution in [0, 0.1) is 0 Å². The average Bonchev–Trinajstić information content (AvgIpc) is 3.01. The van der Waals surface area contributed by atoms with Crippen LogP contribution in [0.25, 0.3) is 0 Å². The first-order valence-corrected chi connectivity index (χ1v) is 10.8. The molecule has 0 saturated heterocycles. The number of amides is 1. The number of hydrogen-bond donors (Lipinski definition) is 1. The van der Waals surface area contributed by atoms with Gasteiger partial charge in [-0.3, -0.25) is 9.59 Å². The summed E-state index contributed by atoms with van der Waals surface area (Å²) < 4.78 is 11.4. The number of ketones is 1. The molecule has 6 nitrogen and oxygen atoms in total. The zero-order valence-electron chi connectivity index (χ0n) is 17.7. The molecule has 1 heterocycles. The molecule has 0 unspecified atom stereocenters. The monoisotopic (exact) mass is 495 g/mol. The van der Waals surface area contributed by atoms with Crippen LogP contribution in [0.15, 0.2) is 71.2 Å². The van der Waals surface area contributed by atoms with Gasteiger partial charge in [-0.25, -0.2) is 0 Å². The Hall–Kier alpha value is -3.16. The number of halogens is 1. The smallest absolute Gasteiger partial charge is 0.264 e. The maximum Gasteiger partial charge on any atom is 0.264 e. The molecule has 7 heteroatoms.